The molecule has 8 heteroatoms. The van der Waals surface area contributed by atoms with E-state index in [2.05, 4.69) is 0 Å². The fourth-order valence-corrected chi connectivity index (χ4v) is 3.01. The molecule has 0 saturated carbocycles. The molecule has 170 valence electrons. The minimum Gasteiger partial charge on any atom is -0.487 e. The number of nitro benzene ring substituents is 1. The summed E-state index contributed by atoms with van der Waals surface area (Å²) in [6, 6.07) is 17.1. The lowest BCUT2D eigenvalue weighted by atomic mass is 10.0. The number of rotatable bonds is 9. The lowest BCUT2D eigenvalue weighted by Crippen LogP contribution is -2.12. The number of aromatic carboxylic acids is 1. The van der Waals surface area contributed by atoms with Gasteiger partial charge in [-0.25, -0.2) is 9.59 Å². The molecule has 1 atom stereocenters. The molecule has 0 amide bonds. The van der Waals surface area contributed by atoms with Crippen molar-refractivity contribution in [3.8, 4) is 22.6 Å². The van der Waals surface area contributed by atoms with Crippen molar-refractivity contribution in [1.29, 1.82) is 0 Å². The van der Waals surface area contributed by atoms with Gasteiger partial charge in [-0.05, 0) is 41.8 Å². The van der Waals surface area contributed by atoms with Crippen molar-refractivity contribution in [2.75, 3.05) is 6.61 Å². The van der Waals surface area contributed by atoms with E-state index in [9.17, 15) is 24.8 Å². The Hall–Kier alpha value is -4.20. The SMILES string of the molecule is CCC(C)COc1ccc(C(=O)Oc2cc(C(=O)O)ccc2-c2ccccc2)cc1[N+](=O)[O-]. The predicted octanol–water partition coefficient (Wildman–Crippen LogP) is 5.60. The van der Waals surface area contributed by atoms with E-state index in [-0.39, 0.29) is 34.2 Å². The van der Waals surface area contributed by atoms with E-state index in [1.54, 1.807) is 30.3 Å². The zero-order chi connectivity index (χ0) is 24.0. The van der Waals surface area contributed by atoms with Crippen LogP contribution in [0.2, 0.25) is 0 Å². The van der Waals surface area contributed by atoms with Crippen LogP contribution in [0, 0.1) is 16.0 Å². The molecule has 0 bridgehead atoms. The molecule has 0 aliphatic rings. The zero-order valence-electron chi connectivity index (χ0n) is 18.2. The summed E-state index contributed by atoms with van der Waals surface area (Å²) in [6.45, 7) is 4.27. The second-order valence-corrected chi connectivity index (χ2v) is 7.54. The number of ether oxygens (including phenoxy) is 2. The molecule has 3 rings (SSSR count). The Morgan fingerprint density at radius 2 is 1.70 bits per heavy atom. The van der Waals surface area contributed by atoms with Gasteiger partial charge < -0.3 is 14.6 Å². The van der Waals surface area contributed by atoms with Crippen LogP contribution in [0.5, 0.6) is 11.5 Å². The molecule has 1 unspecified atom stereocenters. The first-order valence-corrected chi connectivity index (χ1v) is 10.4. The molecule has 0 spiro atoms. The first kappa shape index (κ1) is 23.5. The second-order valence-electron chi connectivity index (χ2n) is 7.54. The Kier molecular flexibility index (Phi) is 7.40. The molecule has 1 N–H and O–H groups in total. The van der Waals surface area contributed by atoms with Gasteiger partial charge in [-0.1, -0.05) is 50.6 Å². The minimum atomic E-state index is -1.18. The Labute approximate surface area is 190 Å². The fraction of sp³-hybridized carbons (Fsp3) is 0.200. The molecular weight excluding hydrogens is 426 g/mol. The Morgan fingerprint density at radius 3 is 2.33 bits per heavy atom. The van der Waals surface area contributed by atoms with E-state index in [1.807, 2.05) is 19.9 Å². The van der Waals surface area contributed by atoms with E-state index in [0.717, 1.165) is 18.1 Å². The molecule has 0 aromatic heterocycles. The maximum Gasteiger partial charge on any atom is 0.343 e. The molecule has 0 fully saturated rings. The molecule has 3 aromatic carbocycles. The highest BCUT2D eigenvalue weighted by molar-refractivity contribution is 5.95. The lowest BCUT2D eigenvalue weighted by molar-refractivity contribution is -0.385. The van der Waals surface area contributed by atoms with Crippen LogP contribution in [0.4, 0.5) is 5.69 Å². The van der Waals surface area contributed by atoms with E-state index in [4.69, 9.17) is 9.47 Å². The predicted molar refractivity (Wildman–Crippen MR) is 122 cm³/mol. The Bertz CT molecular complexity index is 1170. The second kappa shape index (κ2) is 10.4. The number of carbonyl (C=O) groups excluding carboxylic acids is 1. The van der Waals surface area contributed by atoms with Gasteiger partial charge in [0.2, 0.25) is 0 Å². The molecule has 0 heterocycles. The van der Waals surface area contributed by atoms with Crippen LogP contribution in [0.3, 0.4) is 0 Å². The topological polar surface area (TPSA) is 116 Å². The minimum absolute atomic E-state index is 0.0332. The van der Waals surface area contributed by atoms with Crippen LogP contribution in [0.15, 0.2) is 66.7 Å². The van der Waals surface area contributed by atoms with Gasteiger partial charge in [0.15, 0.2) is 5.75 Å². The van der Waals surface area contributed by atoms with Crippen LogP contribution in [-0.4, -0.2) is 28.6 Å². The summed E-state index contributed by atoms with van der Waals surface area (Å²) in [6.07, 6.45) is 0.858. The molecule has 0 radical (unpaired) electrons. The third-order valence-electron chi connectivity index (χ3n) is 5.13. The van der Waals surface area contributed by atoms with Crippen molar-refractivity contribution in [3.05, 3.63) is 88.0 Å². The Balaban J connectivity index is 1.93. The van der Waals surface area contributed by atoms with Crippen molar-refractivity contribution in [2.24, 2.45) is 5.92 Å². The average Bonchev–Trinajstić information content (AvgIpc) is 2.82. The third kappa shape index (κ3) is 5.74. The smallest absolute Gasteiger partial charge is 0.343 e. The summed E-state index contributed by atoms with van der Waals surface area (Å²) < 4.78 is 11.1. The maximum absolute atomic E-state index is 12.8. The summed E-state index contributed by atoms with van der Waals surface area (Å²) in [4.78, 5) is 35.2. The number of benzene rings is 3. The average molecular weight is 449 g/mol. The highest BCUT2D eigenvalue weighted by Gasteiger charge is 2.22. The quantitative estimate of drug-likeness (QED) is 0.195. The Morgan fingerprint density at radius 1 is 1.00 bits per heavy atom. The van der Waals surface area contributed by atoms with Gasteiger partial charge in [-0.3, -0.25) is 10.1 Å². The van der Waals surface area contributed by atoms with Crippen LogP contribution in [0.25, 0.3) is 11.1 Å². The first-order chi connectivity index (χ1) is 15.8. The highest BCUT2D eigenvalue weighted by Crippen LogP contribution is 2.33. The summed E-state index contributed by atoms with van der Waals surface area (Å²) in [5, 5.41) is 20.9. The van der Waals surface area contributed by atoms with E-state index in [1.165, 1.54) is 24.3 Å². The van der Waals surface area contributed by atoms with Crippen molar-refractivity contribution < 1.29 is 29.1 Å². The number of nitrogens with zero attached hydrogens (tertiary/aromatic N) is 1. The van der Waals surface area contributed by atoms with Gasteiger partial charge in [0.1, 0.15) is 5.75 Å². The van der Waals surface area contributed by atoms with E-state index < -0.39 is 16.9 Å². The van der Waals surface area contributed by atoms with Crippen LogP contribution < -0.4 is 9.47 Å². The zero-order valence-corrected chi connectivity index (χ0v) is 18.2. The number of hydrogen-bond acceptors (Lipinski definition) is 6. The fourth-order valence-electron chi connectivity index (χ4n) is 3.01. The molecule has 33 heavy (non-hydrogen) atoms. The van der Waals surface area contributed by atoms with Gasteiger partial charge in [0, 0.05) is 11.6 Å². The largest absolute Gasteiger partial charge is 0.487 e. The van der Waals surface area contributed by atoms with E-state index in [0.29, 0.717) is 12.2 Å². The molecule has 0 saturated heterocycles. The summed E-state index contributed by atoms with van der Waals surface area (Å²) >= 11 is 0. The van der Waals surface area contributed by atoms with Crippen molar-refractivity contribution in [2.45, 2.75) is 20.3 Å². The van der Waals surface area contributed by atoms with Gasteiger partial charge in [0.05, 0.1) is 22.7 Å². The van der Waals surface area contributed by atoms with Crippen LogP contribution in [-0.2, 0) is 0 Å². The standard InChI is InChI=1S/C25H23NO7/c1-3-16(2)15-32-22-12-10-19(13-21(22)26(30)31)25(29)33-23-14-18(24(27)28)9-11-20(23)17-7-5-4-6-8-17/h4-14,16H,3,15H2,1-2H3,(H,27,28). The van der Waals surface area contributed by atoms with Crippen LogP contribution in [0.1, 0.15) is 41.0 Å². The maximum atomic E-state index is 12.8. The monoisotopic (exact) mass is 449 g/mol. The van der Waals surface area contributed by atoms with Crippen molar-refractivity contribution in [3.63, 3.8) is 0 Å². The number of carbonyl (C=O) groups is 2. The third-order valence-corrected chi connectivity index (χ3v) is 5.13. The highest BCUT2D eigenvalue weighted by atomic mass is 16.6. The van der Waals surface area contributed by atoms with Crippen LogP contribution >= 0.6 is 0 Å². The number of hydrogen-bond donors (Lipinski definition) is 1. The molecule has 0 aliphatic carbocycles. The molecule has 3 aromatic rings. The molecular formula is C25H23NO7. The van der Waals surface area contributed by atoms with Gasteiger partial charge >= 0.3 is 17.6 Å². The van der Waals surface area contributed by atoms with Gasteiger partial charge in [-0.2, -0.15) is 0 Å². The normalized spacial score (nSPS) is 11.5. The number of carboxylic acids is 1. The number of carboxylic acid groups (broad SMARTS) is 1. The summed E-state index contributed by atoms with van der Waals surface area (Å²) in [7, 11) is 0. The number of esters is 1. The van der Waals surface area contributed by atoms with Gasteiger partial charge in [-0.15, -0.1) is 0 Å². The van der Waals surface area contributed by atoms with Crippen molar-refractivity contribution >= 4 is 17.6 Å². The van der Waals surface area contributed by atoms with Crippen molar-refractivity contribution in [1.82, 2.24) is 0 Å². The molecule has 8 nitrogen and oxygen atoms in total. The van der Waals surface area contributed by atoms with Gasteiger partial charge in [0.25, 0.3) is 0 Å². The summed E-state index contributed by atoms with van der Waals surface area (Å²) in [5.41, 5.74) is 0.763. The summed E-state index contributed by atoms with van der Waals surface area (Å²) in [5.74, 6) is -1.72. The molecule has 0 aliphatic heterocycles. The number of nitro groups is 1. The van der Waals surface area contributed by atoms with E-state index >= 15 is 0 Å². The lowest BCUT2D eigenvalue weighted by Gasteiger charge is -2.13. The first-order valence-electron chi connectivity index (χ1n) is 10.4.